The number of aliphatic carboxylic acids is 1. The second kappa shape index (κ2) is 8.48. The third-order valence-electron chi connectivity index (χ3n) is 5.47. The van der Waals surface area contributed by atoms with Crippen LogP contribution in [0.25, 0.3) is 6.08 Å². The summed E-state index contributed by atoms with van der Waals surface area (Å²) < 4.78 is 0. The number of rotatable bonds is 6. The zero-order valence-corrected chi connectivity index (χ0v) is 14.8. The first kappa shape index (κ1) is 17.9. The number of hydrogen-bond acceptors (Lipinski definition) is 4. The van der Waals surface area contributed by atoms with Gasteiger partial charge in [0.1, 0.15) is 5.82 Å². The Morgan fingerprint density at radius 3 is 2.80 bits per heavy atom. The molecule has 2 aliphatic rings. The number of piperidine rings is 1. The molecule has 1 aliphatic carbocycles. The second-order valence-electron chi connectivity index (χ2n) is 7.54. The van der Waals surface area contributed by atoms with Gasteiger partial charge in [-0.3, -0.25) is 0 Å². The number of anilines is 1. The summed E-state index contributed by atoms with van der Waals surface area (Å²) >= 11 is 0. The van der Waals surface area contributed by atoms with Crippen molar-refractivity contribution in [3.05, 3.63) is 30.0 Å². The lowest BCUT2D eigenvalue weighted by molar-refractivity contribution is -0.131. The van der Waals surface area contributed by atoms with Gasteiger partial charge in [-0.25, -0.2) is 9.78 Å². The van der Waals surface area contributed by atoms with E-state index in [4.69, 9.17) is 5.11 Å². The van der Waals surface area contributed by atoms with Crippen LogP contribution in [0.15, 0.2) is 24.4 Å². The number of carboxylic acids is 1. The number of hydrogen-bond donors (Lipinski definition) is 3. The Hall–Kier alpha value is -1.88. The molecule has 2 heterocycles. The summed E-state index contributed by atoms with van der Waals surface area (Å²) in [4.78, 5) is 15.1. The third kappa shape index (κ3) is 5.30. The molecule has 0 spiro atoms. The second-order valence-corrected chi connectivity index (χ2v) is 7.54. The first-order valence-corrected chi connectivity index (χ1v) is 9.51. The van der Waals surface area contributed by atoms with Crippen molar-refractivity contribution in [3.63, 3.8) is 0 Å². The van der Waals surface area contributed by atoms with Crippen LogP contribution in [0.3, 0.4) is 0 Å². The van der Waals surface area contributed by atoms with E-state index in [2.05, 4.69) is 15.6 Å². The van der Waals surface area contributed by atoms with Crippen molar-refractivity contribution in [3.8, 4) is 0 Å². The van der Waals surface area contributed by atoms with Crippen LogP contribution in [-0.4, -0.2) is 34.7 Å². The Morgan fingerprint density at radius 1 is 1.32 bits per heavy atom. The van der Waals surface area contributed by atoms with Crippen molar-refractivity contribution in [2.45, 2.75) is 56.9 Å². The molecule has 1 aliphatic heterocycles. The number of nitrogens with zero attached hydrogens (tertiary/aromatic N) is 1. The summed E-state index contributed by atoms with van der Waals surface area (Å²) in [5.41, 5.74) is 0.891. The van der Waals surface area contributed by atoms with Crippen LogP contribution in [0.2, 0.25) is 0 Å². The van der Waals surface area contributed by atoms with Gasteiger partial charge in [-0.2, -0.15) is 0 Å². The van der Waals surface area contributed by atoms with Crippen LogP contribution in [0.5, 0.6) is 0 Å². The maximum Gasteiger partial charge on any atom is 0.328 e. The van der Waals surface area contributed by atoms with E-state index in [1.54, 1.807) is 12.3 Å². The van der Waals surface area contributed by atoms with Crippen molar-refractivity contribution >= 4 is 17.9 Å². The van der Waals surface area contributed by atoms with E-state index in [0.717, 1.165) is 36.5 Å². The Morgan fingerprint density at radius 2 is 2.16 bits per heavy atom. The van der Waals surface area contributed by atoms with Crippen molar-refractivity contribution in [1.82, 2.24) is 10.3 Å². The topological polar surface area (TPSA) is 74.2 Å². The van der Waals surface area contributed by atoms with E-state index in [9.17, 15) is 4.79 Å². The van der Waals surface area contributed by atoms with Gasteiger partial charge < -0.3 is 15.7 Å². The van der Waals surface area contributed by atoms with Crippen LogP contribution in [0, 0.1) is 5.92 Å². The summed E-state index contributed by atoms with van der Waals surface area (Å²) in [6, 6.07) is 3.87. The van der Waals surface area contributed by atoms with Gasteiger partial charge in [-0.05, 0) is 55.5 Å². The maximum atomic E-state index is 10.6. The van der Waals surface area contributed by atoms with Crippen LogP contribution in [-0.2, 0) is 4.79 Å². The van der Waals surface area contributed by atoms with Gasteiger partial charge in [0.2, 0.25) is 0 Å². The Balaban J connectivity index is 1.68. The number of nitrogens with one attached hydrogen (secondary N) is 2. The number of carboxylic acid groups (broad SMARTS) is 1. The third-order valence-corrected chi connectivity index (χ3v) is 5.47. The van der Waals surface area contributed by atoms with Crippen molar-refractivity contribution in [2.75, 3.05) is 18.4 Å². The molecule has 5 heteroatoms. The van der Waals surface area contributed by atoms with E-state index in [1.165, 1.54) is 51.4 Å². The predicted octanol–water partition coefficient (Wildman–Crippen LogP) is 3.68. The molecule has 1 aromatic rings. The molecule has 0 amide bonds. The van der Waals surface area contributed by atoms with Crippen LogP contribution < -0.4 is 10.6 Å². The predicted molar refractivity (Wildman–Crippen MR) is 101 cm³/mol. The summed E-state index contributed by atoms with van der Waals surface area (Å²) in [6.07, 6.45) is 14.9. The molecule has 0 radical (unpaired) electrons. The smallest absolute Gasteiger partial charge is 0.328 e. The highest BCUT2D eigenvalue weighted by molar-refractivity contribution is 5.85. The molecule has 136 valence electrons. The summed E-state index contributed by atoms with van der Waals surface area (Å²) in [5.74, 6) is 0.757. The zero-order valence-electron chi connectivity index (χ0n) is 14.8. The molecule has 0 aromatic carbocycles. The fourth-order valence-electron chi connectivity index (χ4n) is 4.26. The van der Waals surface area contributed by atoms with Crippen LogP contribution in [0.4, 0.5) is 5.82 Å². The lowest BCUT2D eigenvalue weighted by Gasteiger charge is -2.42. The van der Waals surface area contributed by atoms with E-state index >= 15 is 0 Å². The minimum atomic E-state index is -0.943. The molecule has 5 nitrogen and oxygen atoms in total. The highest BCUT2D eigenvalue weighted by Gasteiger charge is 2.35. The Kier molecular flexibility index (Phi) is 6.08. The normalized spacial score (nSPS) is 25.1. The highest BCUT2D eigenvalue weighted by Crippen LogP contribution is 2.35. The van der Waals surface area contributed by atoms with Crippen molar-refractivity contribution in [2.24, 2.45) is 5.92 Å². The molecule has 1 saturated heterocycles. The quantitative estimate of drug-likeness (QED) is 0.687. The average Bonchev–Trinajstić information content (AvgIpc) is 2.62. The summed E-state index contributed by atoms with van der Waals surface area (Å²) in [7, 11) is 0. The molecule has 1 aromatic heterocycles. The monoisotopic (exact) mass is 343 g/mol. The van der Waals surface area contributed by atoms with Gasteiger partial charge in [0.15, 0.2) is 0 Å². The molecular weight excluding hydrogens is 314 g/mol. The van der Waals surface area contributed by atoms with E-state index < -0.39 is 5.97 Å². The van der Waals surface area contributed by atoms with Gasteiger partial charge in [-0.15, -0.1) is 0 Å². The molecule has 3 rings (SSSR count). The maximum absolute atomic E-state index is 10.6. The molecular formula is C20H29N3O2. The first-order chi connectivity index (χ1) is 12.2. The Labute approximate surface area is 149 Å². The van der Waals surface area contributed by atoms with Crippen molar-refractivity contribution < 1.29 is 9.90 Å². The zero-order chi connectivity index (χ0) is 17.5. The van der Waals surface area contributed by atoms with Gasteiger partial charge in [-0.1, -0.05) is 32.1 Å². The molecule has 1 saturated carbocycles. The summed E-state index contributed by atoms with van der Waals surface area (Å²) in [6.45, 7) is 2.09. The summed E-state index contributed by atoms with van der Waals surface area (Å²) in [5, 5.41) is 16.0. The van der Waals surface area contributed by atoms with Gasteiger partial charge in [0, 0.05) is 18.8 Å². The lowest BCUT2D eigenvalue weighted by atomic mass is 9.76. The van der Waals surface area contributed by atoms with Crippen molar-refractivity contribution in [1.29, 1.82) is 0 Å². The number of carbonyl (C=O) groups is 1. The Bertz CT molecular complexity index is 585. The molecule has 0 unspecified atom stereocenters. The van der Waals surface area contributed by atoms with Crippen LogP contribution in [0.1, 0.15) is 56.9 Å². The van der Waals surface area contributed by atoms with E-state index in [0.29, 0.717) is 0 Å². The highest BCUT2D eigenvalue weighted by atomic mass is 16.4. The molecule has 25 heavy (non-hydrogen) atoms. The first-order valence-electron chi connectivity index (χ1n) is 9.51. The largest absolute Gasteiger partial charge is 0.478 e. The molecule has 3 N–H and O–H groups in total. The molecule has 2 fully saturated rings. The van der Waals surface area contributed by atoms with Gasteiger partial charge in [0.05, 0.1) is 5.54 Å². The minimum Gasteiger partial charge on any atom is -0.478 e. The molecule has 0 bridgehead atoms. The SMILES string of the molecule is O=C(O)/C=C/c1ccc(N[C@@]2(CC3CCCCC3)CCCNC2)nc1. The lowest BCUT2D eigenvalue weighted by Crippen LogP contribution is -2.52. The molecule has 1 atom stereocenters. The average molecular weight is 343 g/mol. The minimum absolute atomic E-state index is 0.0890. The van der Waals surface area contributed by atoms with Gasteiger partial charge in [0.25, 0.3) is 0 Å². The van der Waals surface area contributed by atoms with E-state index in [-0.39, 0.29) is 5.54 Å². The van der Waals surface area contributed by atoms with E-state index in [1.807, 2.05) is 12.1 Å². The fourth-order valence-corrected chi connectivity index (χ4v) is 4.26. The number of aromatic nitrogens is 1. The fraction of sp³-hybridized carbons (Fsp3) is 0.600. The standard InChI is InChI=1S/C20H29N3O2/c24-19(25)10-8-17-7-9-18(22-14-17)23-20(11-4-12-21-15-20)13-16-5-2-1-3-6-16/h7-10,14,16,21H,1-6,11-13,15H2,(H,22,23)(H,24,25)/b10-8+/t20-/m1/s1. The number of pyridine rings is 1. The van der Waals surface area contributed by atoms with Gasteiger partial charge >= 0.3 is 5.97 Å². The van der Waals surface area contributed by atoms with Crippen LogP contribution >= 0.6 is 0 Å².